The van der Waals surface area contributed by atoms with E-state index >= 15 is 0 Å². The molecule has 0 heterocycles. The van der Waals surface area contributed by atoms with E-state index in [2.05, 4.69) is 26.3 Å². The second-order valence-corrected chi connectivity index (χ2v) is 11.0. The van der Waals surface area contributed by atoms with Crippen molar-refractivity contribution in [2.45, 2.75) is 0 Å². The van der Waals surface area contributed by atoms with E-state index in [1.807, 2.05) is 29.2 Å². The number of ether oxygens (including phenoxy) is 4. The summed E-state index contributed by atoms with van der Waals surface area (Å²) in [6, 6.07) is 35.0. The van der Waals surface area contributed by atoms with Crippen molar-refractivity contribution in [2.75, 3.05) is 9.91 Å². The van der Waals surface area contributed by atoms with Crippen LogP contribution >= 0.6 is 0 Å². The first-order valence-electron chi connectivity index (χ1n) is 16.2. The van der Waals surface area contributed by atoms with Crippen molar-refractivity contribution in [1.29, 1.82) is 0 Å². The molecule has 11 heteroatoms. The Morgan fingerprint density at radius 3 is 0.944 bits per heavy atom. The lowest BCUT2D eigenvalue weighted by molar-refractivity contribution is -0.129. The molecule has 0 aromatic heterocycles. The fraction of sp³-hybridized carbons (Fsp3) is 0. The van der Waals surface area contributed by atoms with Gasteiger partial charge in [0.05, 0.1) is 17.6 Å². The predicted molar refractivity (Wildman–Crippen MR) is 207 cm³/mol. The minimum atomic E-state index is -0.582. The van der Waals surface area contributed by atoms with Gasteiger partial charge >= 0.3 is 23.9 Å². The number of nitrogens with zero attached hydrogens (tertiary/aromatic N) is 3. The zero-order chi connectivity index (χ0) is 38.5. The van der Waals surface area contributed by atoms with E-state index in [1.54, 1.807) is 108 Å². The van der Waals surface area contributed by atoms with E-state index in [0.717, 1.165) is 46.9 Å². The summed E-state index contributed by atoms with van der Waals surface area (Å²) in [7, 11) is 0. The fourth-order valence-electron chi connectivity index (χ4n) is 4.83. The Balaban J connectivity index is 1.46. The van der Waals surface area contributed by atoms with Gasteiger partial charge in [0.25, 0.3) is 0 Å². The Labute approximate surface area is 311 Å². The average Bonchev–Trinajstić information content (AvgIpc) is 3.20. The Hall–Kier alpha value is -7.79. The zero-order valence-electron chi connectivity index (χ0n) is 28.9. The molecule has 0 fully saturated rings. The van der Waals surface area contributed by atoms with Crippen LogP contribution < -0.4 is 28.9 Å². The minimum Gasteiger partial charge on any atom is -0.423 e. The van der Waals surface area contributed by atoms with Gasteiger partial charge in [-0.3, -0.25) is 0 Å². The number of carbonyl (C=O) groups is 4. The summed E-state index contributed by atoms with van der Waals surface area (Å²) < 4.78 is 20.9. The summed E-state index contributed by atoms with van der Waals surface area (Å²) in [6.45, 7) is 13.7. The molecule has 5 rings (SSSR count). The van der Waals surface area contributed by atoms with Crippen LogP contribution in [0.25, 0.3) is 0 Å². The number of esters is 4. The van der Waals surface area contributed by atoms with Crippen molar-refractivity contribution >= 4 is 58.5 Å². The highest BCUT2D eigenvalue weighted by Gasteiger charge is 2.15. The van der Waals surface area contributed by atoms with Crippen LogP contribution in [-0.4, -0.2) is 30.1 Å². The van der Waals surface area contributed by atoms with E-state index in [0.29, 0.717) is 34.4 Å². The smallest absolute Gasteiger partial charge is 0.335 e. The quantitative estimate of drug-likeness (QED) is 0.0341. The van der Waals surface area contributed by atoms with Gasteiger partial charge < -0.3 is 23.8 Å². The van der Waals surface area contributed by atoms with Gasteiger partial charge in [0.2, 0.25) is 0 Å². The third-order valence-electron chi connectivity index (χ3n) is 7.37. The number of benzene rings is 5. The SMILES string of the molecule is C=CC(=O)Oc1ccc(N(/N=C/c2ccc(N(c3ccc(OC(=O)C=C)cc3)c3ccc(OC(=O)C=C)cc3)cc2)c2ccc(OC(=O)C=C)cc2)cc1. The average molecular weight is 720 g/mol. The van der Waals surface area contributed by atoms with Crippen molar-refractivity contribution in [3.63, 3.8) is 0 Å². The molecule has 0 aliphatic heterocycles. The molecule has 0 unspecified atom stereocenters. The number of hydrogen-bond donors (Lipinski definition) is 0. The van der Waals surface area contributed by atoms with Crippen LogP contribution in [0.3, 0.4) is 0 Å². The van der Waals surface area contributed by atoms with E-state index in [9.17, 15) is 19.2 Å². The van der Waals surface area contributed by atoms with Gasteiger partial charge in [-0.1, -0.05) is 38.4 Å². The standard InChI is InChI=1S/C43H33N3O8/c1-5-40(47)51-36-21-13-32(14-22-36)45(33-15-23-37(24-16-33)52-41(48)6-2)31-11-9-30(10-12-31)29-44-46(34-17-25-38(26-18-34)53-42(49)7-3)35-19-27-39(28-20-35)54-43(50)8-4/h5-29H,1-4H2/b44-29+. The van der Waals surface area contributed by atoms with Crippen LogP contribution in [0.2, 0.25) is 0 Å². The highest BCUT2D eigenvalue weighted by molar-refractivity contribution is 5.87. The maximum atomic E-state index is 11.7. The van der Waals surface area contributed by atoms with Crippen molar-refractivity contribution < 1.29 is 38.1 Å². The largest absolute Gasteiger partial charge is 0.423 e. The van der Waals surface area contributed by atoms with Crippen molar-refractivity contribution in [1.82, 2.24) is 0 Å². The lowest BCUT2D eigenvalue weighted by Crippen LogP contribution is -2.11. The van der Waals surface area contributed by atoms with Gasteiger partial charge in [-0.2, -0.15) is 5.10 Å². The Morgan fingerprint density at radius 1 is 0.407 bits per heavy atom. The molecule has 268 valence electrons. The molecule has 0 bridgehead atoms. The van der Waals surface area contributed by atoms with Crippen molar-refractivity contribution in [3.05, 3.63) is 178 Å². The Bertz CT molecular complexity index is 2060. The topological polar surface area (TPSA) is 124 Å². The molecule has 54 heavy (non-hydrogen) atoms. The third kappa shape index (κ3) is 9.92. The maximum Gasteiger partial charge on any atom is 0.335 e. The molecule has 0 N–H and O–H groups in total. The zero-order valence-corrected chi connectivity index (χ0v) is 28.9. The van der Waals surface area contributed by atoms with E-state index in [1.165, 1.54) is 0 Å². The number of hydrazone groups is 1. The summed E-state index contributed by atoms with van der Waals surface area (Å²) in [5.74, 6) is -0.937. The summed E-state index contributed by atoms with van der Waals surface area (Å²) in [6.07, 6.45) is 6.01. The first-order valence-corrected chi connectivity index (χ1v) is 16.2. The molecule has 0 atom stereocenters. The molecule has 11 nitrogen and oxygen atoms in total. The molecule has 0 spiro atoms. The maximum absolute atomic E-state index is 11.7. The predicted octanol–water partition coefficient (Wildman–Crippen LogP) is 8.69. The van der Waals surface area contributed by atoms with Crippen molar-refractivity contribution in [3.8, 4) is 23.0 Å². The summed E-state index contributed by atoms with van der Waals surface area (Å²) in [4.78, 5) is 48.8. The Kier molecular flexibility index (Phi) is 12.4. The van der Waals surface area contributed by atoms with Crippen molar-refractivity contribution in [2.24, 2.45) is 5.10 Å². The van der Waals surface area contributed by atoms with E-state index < -0.39 is 23.9 Å². The molecule has 0 aliphatic rings. The fourth-order valence-corrected chi connectivity index (χ4v) is 4.83. The molecule has 5 aromatic rings. The molecule has 0 aliphatic carbocycles. The lowest BCUT2D eigenvalue weighted by Gasteiger charge is -2.26. The van der Waals surface area contributed by atoms with E-state index in [-0.39, 0.29) is 0 Å². The summed E-state index contributed by atoms with van der Waals surface area (Å²) >= 11 is 0. The monoisotopic (exact) mass is 719 g/mol. The molecular formula is C43H33N3O8. The van der Waals surface area contributed by atoms with Gasteiger partial charge in [-0.15, -0.1) is 0 Å². The van der Waals surface area contributed by atoms with Crippen LogP contribution in [0.15, 0.2) is 177 Å². The van der Waals surface area contributed by atoms with Gasteiger partial charge in [0.15, 0.2) is 0 Å². The molecule has 0 saturated carbocycles. The van der Waals surface area contributed by atoms with Gasteiger partial charge in [-0.05, 0) is 115 Å². The number of carbonyl (C=O) groups excluding carboxylic acids is 4. The molecular weight excluding hydrogens is 686 g/mol. The first kappa shape index (κ1) is 37.5. The highest BCUT2D eigenvalue weighted by Crippen LogP contribution is 2.36. The van der Waals surface area contributed by atoms with Crippen LogP contribution in [-0.2, 0) is 19.2 Å². The second-order valence-electron chi connectivity index (χ2n) is 11.0. The van der Waals surface area contributed by atoms with Gasteiger partial charge in [0.1, 0.15) is 23.0 Å². The Morgan fingerprint density at radius 2 is 0.667 bits per heavy atom. The first-order chi connectivity index (χ1) is 26.2. The number of rotatable bonds is 15. The van der Waals surface area contributed by atoms with Crippen LogP contribution in [0, 0.1) is 0 Å². The van der Waals surface area contributed by atoms with Gasteiger partial charge in [-0.25, -0.2) is 24.2 Å². The lowest BCUT2D eigenvalue weighted by atomic mass is 10.1. The minimum absolute atomic E-state index is 0.333. The third-order valence-corrected chi connectivity index (χ3v) is 7.37. The van der Waals surface area contributed by atoms with Crippen LogP contribution in [0.1, 0.15) is 5.56 Å². The van der Waals surface area contributed by atoms with Crippen LogP contribution in [0.4, 0.5) is 28.4 Å². The molecule has 0 saturated heterocycles. The summed E-state index contributed by atoms with van der Waals surface area (Å²) in [5.41, 5.74) is 4.34. The molecule has 5 aromatic carbocycles. The number of hydrogen-bond acceptors (Lipinski definition) is 11. The van der Waals surface area contributed by atoms with Gasteiger partial charge in [0, 0.05) is 41.4 Å². The summed E-state index contributed by atoms with van der Waals surface area (Å²) in [5, 5.41) is 6.44. The van der Waals surface area contributed by atoms with Crippen LogP contribution in [0.5, 0.6) is 23.0 Å². The molecule has 0 amide bonds. The number of anilines is 5. The normalized spacial score (nSPS) is 10.4. The highest BCUT2D eigenvalue weighted by atomic mass is 16.5. The van der Waals surface area contributed by atoms with E-state index in [4.69, 9.17) is 24.0 Å². The molecule has 0 radical (unpaired) electrons. The second kappa shape index (κ2) is 17.9.